The van der Waals surface area contributed by atoms with Crippen molar-refractivity contribution < 1.29 is 4.79 Å². The zero-order valence-corrected chi connectivity index (χ0v) is 9.73. The highest BCUT2D eigenvalue weighted by Crippen LogP contribution is 2.32. The molecule has 1 saturated heterocycles. The standard InChI is InChI=1S/C10H15N3OS/c1-13(2)8-4-9-7(3-6(8)11)12-10(14)5-15-9/h4,7H,3,5,11H2,1-2H3,(H,12,14). The van der Waals surface area contributed by atoms with Gasteiger partial charge in [-0.15, -0.1) is 11.8 Å². The number of hydrogen-bond acceptors (Lipinski definition) is 4. The van der Waals surface area contributed by atoms with E-state index in [0.29, 0.717) is 5.75 Å². The minimum Gasteiger partial charge on any atom is -0.400 e. The zero-order chi connectivity index (χ0) is 11.0. The number of carbonyl (C=O) groups is 1. The molecule has 0 bridgehead atoms. The highest BCUT2D eigenvalue weighted by molar-refractivity contribution is 8.03. The van der Waals surface area contributed by atoms with Crippen LogP contribution in [0.3, 0.4) is 0 Å². The van der Waals surface area contributed by atoms with E-state index in [1.807, 2.05) is 19.0 Å². The van der Waals surface area contributed by atoms with Crippen molar-refractivity contribution in [2.75, 3.05) is 19.8 Å². The Morgan fingerprint density at radius 2 is 2.33 bits per heavy atom. The molecule has 82 valence electrons. The summed E-state index contributed by atoms with van der Waals surface area (Å²) < 4.78 is 0. The Bertz CT molecular complexity index is 360. The lowest BCUT2D eigenvalue weighted by molar-refractivity contribution is -0.119. The molecule has 1 amide bonds. The molecule has 5 heteroatoms. The van der Waals surface area contributed by atoms with Crippen molar-refractivity contribution in [1.29, 1.82) is 0 Å². The molecular weight excluding hydrogens is 210 g/mol. The lowest BCUT2D eigenvalue weighted by Gasteiger charge is -2.32. The predicted molar refractivity (Wildman–Crippen MR) is 62.0 cm³/mol. The first kappa shape index (κ1) is 10.4. The minimum absolute atomic E-state index is 0.0972. The maximum Gasteiger partial charge on any atom is 0.230 e. The van der Waals surface area contributed by atoms with Crippen LogP contribution >= 0.6 is 11.8 Å². The van der Waals surface area contributed by atoms with Crippen LogP contribution in [0.4, 0.5) is 0 Å². The number of hydrogen-bond donors (Lipinski definition) is 2. The van der Waals surface area contributed by atoms with Gasteiger partial charge in [0, 0.05) is 31.1 Å². The number of nitrogens with one attached hydrogen (secondary N) is 1. The molecule has 2 aliphatic rings. The van der Waals surface area contributed by atoms with Gasteiger partial charge in [-0.3, -0.25) is 4.79 Å². The Balaban J connectivity index is 2.25. The van der Waals surface area contributed by atoms with Crippen LogP contribution in [-0.2, 0) is 4.79 Å². The normalized spacial score (nSPS) is 25.6. The van der Waals surface area contributed by atoms with Crippen LogP contribution in [0.25, 0.3) is 0 Å². The van der Waals surface area contributed by atoms with E-state index in [-0.39, 0.29) is 11.9 Å². The lowest BCUT2D eigenvalue weighted by atomic mass is 10.0. The highest BCUT2D eigenvalue weighted by Gasteiger charge is 2.28. The van der Waals surface area contributed by atoms with Crippen LogP contribution < -0.4 is 11.1 Å². The molecule has 3 N–H and O–H groups in total. The fourth-order valence-corrected chi connectivity index (χ4v) is 2.74. The molecule has 1 fully saturated rings. The molecule has 0 aromatic heterocycles. The number of nitrogens with two attached hydrogens (primary N) is 1. The highest BCUT2D eigenvalue weighted by atomic mass is 32.2. The van der Waals surface area contributed by atoms with E-state index in [0.717, 1.165) is 17.8 Å². The first-order valence-electron chi connectivity index (χ1n) is 4.87. The Labute approximate surface area is 93.6 Å². The fourth-order valence-electron chi connectivity index (χ4n) is 1.82. The van der Waals surface area contributed by atoms with Crippen molar-refractivity contribution >= 4 is 17.7 Å². The van der Waals surface area contributed by atoms with Gasteiger partial charge < -0.3 is 16.0 Å². The summed E-state index contributed by atoms with van der Waals surface area (Å²) in [5.41, 5.74) is 7.87. The van der Waals surface area contributed by atoms with Gasteiger partial charge in [-0.05, 0) is 6.08 Å². The molecule has 0 aromatic carbocycles. The summed E-state index contributed by atoms with van der Waals surface area (Å²) in [5, 5.41) is 2.95. The first-order valence-corrected chi connectivity index (χ1v) is 5.86. The van der Waals surface area contributed by atoms with Crippen LogP contribution in [0.15, 0.2) is 22.4 Å². The smallest absolute Gasteiger partial charge is 0.230 e. The number of amides is 1. The van der Waals surface area contributed by atoms with Gasteiger partial charge in [0.1, 0.15) is 0 Å². The summed E-state index contributed by atoms with van der Waals surface area (Å²) in [5.74, 6) is 0.617. The van der Waals surface area contributed by atoms with Crippen molar-refractivity contribution in [3.8, 4) is 0 Å². The largest absolute Gasteiger partial charge is 0.400 e. The molecule has 0 spiro atoms. The van der Waals surface area contributed by atoms with Crippen molar-refractivity contribution in [2.24, 2.45) is 5.73 Å². The van der Waals surface area contributed by atoms with Gasteiger partial charge >= 0.3 is 0 Å². The van der Waals surface area contributed by atoms with Crippen molar-refractivity contribution in [1.82, 2.24) is 10.2 Å². The van der Waals surface area contributed by atoms with Crippen LogP contribution in [0.5, 0.6) is 0 Å². The Kier molecular flexibility index (Phi) is 2.65. The summed E-state index contributed by atoms with van der Waals surface area (Å²) in [6.07, 6.45) is 2.80. The molecule has 1 heterocycles. The average molecular weight is 225 g/mol. The van der Waals surface area contributed by atoms with Crippen LogP contribution in [0, 0.1) is 0 Å². The summed E-state index contributed by atoms with van der Waals surface area (Å²) in [7, 11) is 3.96. The molecule has 1 aliphatic carbocycles. The lowest BCUT2D eigenvalue weighted by Crippen LogP contribution is -2.43. The fraction of sp³-hybridized carbons (Fsp3) is 0.500. The van der Waals surface area contributed by atoms with Crippen molar-refractivity contribution in [3.05, 3.63) is 22.4 Å². The third-order valence-electron chi connectivity index (χ3n) is 2.56. The van der Waals surface area contributed by atoms with E-state index >= 15 is 0 Å². The second-order valence-corrected chi connectivity index (χ2v) is 5.01. The zero-order valence-electron chi connectivity index (χ0n) is 8.91. The van der Waals surface area contributed by atoms with Gasteiger partial charge in [-0.25, -0.2) is 0 Å². The summed E-state index contributed by atoms with van der Waals surface area (Å²) in [6.45, 7) is 0. The Morgan fingerprint density at radius 1 is 1.60 bits per heavy atom. The molecule has 0 aromatic rings. The monoisotopic (exact) mass is 225 g/mol. The second kappa shape index (κ2) is 3.81. The van der Waals surface area contributed by atoms with E-state index in [9.17, 15) is 4.79 Å². The molecule has 1 atom stereocenters. The van der Waals surface area contributed by atoms with Gasteiger partial charge in [0.15, 0.2) is 0 Å². The maximum absolute atomic E-state index is 11.2. The Hall–Kier alpha value is -1.10. The number of thioether (sulfide) groups is 1. The third-order valence-corrected chi connectivity index (χ3v) is 3.70. The number of carbonyl (C=O) groups excluding carboxylic acids is 1. The first-order chi connectivity index (χ1) is 7.08. The SMILES string of the molecule is CN(C)C1=C(N)CC2NC(=O)CSC2=C1. The summed E-state index contributed by atoms with van der Waals surface area (Å²) in [4.78, 5) is 14.4. The molecule has 0 radical (unpaired) electrons. The van der Waals surface area contributed by atoms with E-state index in [1.54, 1.807) is 11.8 Å². The number of nitrogens with zero attached hydrogens (tertiary/aromatic N) is 1. The molecule has 1 aliphatic heterocycles. The minimum atomic E-state index is 0.0972. The van der Waals surface area contributed by atoms with E-state index in [4.69, 9.17) is 5.73 Å². The quantitative estimate of drug-likeness (QED) is 0.671. The van der Waals surface area contributed by atoms with Crippen molar-refractivity contribution in [3.63, 3.8) is 0 Å². The third kappa shape index (κ3) is 1.97. The number of rotatable bonds is 1. The van der Waals surface area contributed by atoms with Gasteiger partial charge in [0.05, 0.1) is 17.5 Å². The van der Waals surface area contributed by atoms with Crippen molar-refractivity contribution in [2.45, 2.75) is 12.5 Å². The van der Waals surface area contributed by atoms with Crippen LogP contribution in [0.2, 0.25) is 0 Å². The van der Waals surface area contributed by atoms with E-state index < -0.39 is 0 Å². The molecule has 2 rings (SSSR count). The summed E-state index contributed by atoms with van der Waals surface area (Å²) >= 11 is 1.61. The topological polar surface area (TPSA) is 58.4 Å². The molecular formula is C10H15N3OS. The molecule has 0 saturated carbocycles. The molecule has 15 heavy (non-hydrogen) atoms. The van der Waals surface area contributed by atoms with Gasteiger partial charge in [-0.2, -0.15) is 0 Å². The maximum atomic E-state index is 11.2. The van der Waals surface area contributed by atoms with Crippen LogP contribution in [-0.4, -0.2) is 36.7 Å². The second-order valence-electron chi connectivity index (χ2n) is 3.96. The van der Waals surface area contributed by atoms with Gasteiger partial charge in [0.2, 0.25) is 5.91 Å². The van der Waals surface area contributed by atoms with Gasteiger partial charge in [-0.1, -0.05) is 0 Å². The van der Waals surface area contributed by atoms with E-state index in [2.05, 4.69) is 11.4 Å². The Morgan fingerprint density at radius 3 is 3.00 bits per heavy atom. The number of likely N-dealkylation sites (N-methyl/N-ethyl adjacent to an activating group) is 1. The van der Waals surface area contributed by atoms with Crippen LogP contribution in [0.1, 0.15) is 6.42 Å². The number of fused-ring (bicyclic) bond motifs is 1. The predicted octanol–water partition coefficient (Wildman–Crippen LogP) is 0.238. The van der Waals surface area contributed by atoms with Gasteiger partial charge in [0.25, 0.3) is 0 Å². The molecule has 1 unspecified atom stereocenters. The number of allylic oxidation sites excluding steroid dienone is 1. The molecule has 4 nitrogen and oxygen atoms in total. The average Bonchev–Trinajstić information content (AvgIpc) is 2.15. The van der Waals surface area contributed by atoms with E-state index in [1.165, 1.54) is 4.91 Å². The summed E-state index contributed by atoms with van der Waals surface area (Å²) in [6, 6.07) is 0.0972.